The molecule has 0 aliphatic rings. The lowest BCUT2D eigenvalue weighted by molar-refractivity contribution is -0.930. The van der Waals surface area contributed by atoms with Gasteiger partial charge in [0.15, 0.2) is 0 Å². The number of rotatable bonds is 22. The molecule has 0 aliphatic carbocycles. The number of unbranched alkanes of at least 4 members (excludes halogenated alkanes) is 17. The van der Waals surface area contributed by atoms with E-state index in [1.54, 1.807) is 0 Å². The first-order valence-corrected chi connectivity index (χ1v) is 13.4. The normalized spacial score (nSPS) is 13.9. The van der Waals surface area contributed by atoms with Crippen molar-refractivity contribution in [2.24, 2.45) is 0 Å². The van der Waals surface area contributed by atoms with E-state index in [9.17, 15) is 0 Å². The second-order valence-electron chi connectivity index (χ2n) is 10.0. The zero-order valence-electron chi connectivity index (χ0n) is 20.9. The van der Waals surface area contributed by atoms with E-state index in [0.29, 0.717) is 0 Å². The molecular formula is C27H58N+. The summed E-state index contributed by atoms with van der Waals surface area (Å²) in [6, 6.07) is 0.771. The third-order valence-corrected chi connectivity index (χ3v) is 7.04. The lowest BCUT2D eigenvalue weighted by Crippen LogP contribution is -2.50. The quantitative estimate of drug-likeness (QED) is 0.126. The van der Waals surface area contributed by atoms with Gasteiger partial charge in [-0.3, -0.25) is 0 Å². The van der Waals surface area contributed by atoms with Gasteiger partial charge >= 0.3 is 0 Å². The van der Waals surface area contributed by atoms with E-state index in [-0.39, 0.29) is 0 Å². The van der Waals surface area contributed by atoms with Crippen LogP contribution < -0.4 is 0 Å². The summed E-state index contributed by atoms with van der Waals surface area (Å²) in [6.07, 6.45) is 27.6. The van der Waals surface area contributed by atoms with Gasteiger partial charge in [-0.05, 0) is 33.1 Å². The van der Waals surface area contributed by atoms with Crippen molar-refractivity contribution in [2.75, 3.05) is 20.1 Å². The van der Waals surface area contributed by atoms with E-state index in [0.717, 1.165) is 6.04 Å². The van der Waals surface area contributed by atoms with Gasteiger partial charge in [-0.15, -0.1) is 0 Å². The maximum absolute atomic E-state index is 2.48. The maximum Gasteiger partial charge on any atom is 0.0831 e. The molecule has 1 atom stereocenters. The molecule has 0 saturated carbocycles. The molecule has 1 unspecified atom stereocenters. The highest BCUT2D eigenvalue weighted by atomic mass is 15.3. The van der Waals surface area contributed by atoms with Crippen molar-refractivity contribution in [3.63, 3.8) is 0 Å². The topological polar surface area (TPSA) is 0 Å². The monoisotopic (exact) mass is 396 g/mol. The summed E-state index contributed by atoms with van der Waals surface area (Å²) in [6.45, 7) is 12.2. The molecule has 0 fully saturated rings. The van der Waals surface area contributed by atoms with E-state index >= 15 is 0 Å². The highest BCUT2D eigenvalue weighted by Gasteiger charge is 2.24. The molecule has 0 radical (unpaired) electrons. The molecule has 0 saturated heterocycles. The molecule has 0 amide bonds. The molecule has 170 valence electrons. The van der Waals surface area contributed by atoms with Crippen LogP contribution in [0.1, 0.15) is 150 Å². The van der Waals surface area contributed by atoms with Crippen LogP contribution in [0.25, 0.3) is 0 Å². The van der Waals surface area contributed by atoms with Gasteiger partial charge in [0.2, 0.25) is 0 Å². The van der Waals surface area contributed by atoms with E-state index < -0.39 is 0 Å². The van der Waals surface area contributed by atoms with Crippen molar-refractivity contribution < 1.29 is 4.48 Å². The van der Waals surface area contributed by atoms with Gasteiger partial charge < -0.3 is 4.48 Å². The molecule has 0 heterocycles. The van der Waals surface area contributed by atoms with Crippen LogP contribution >= 0.6 is 0 Å². The Morgan fingerprint density at radius 3 is 1.04 bits per heavy atom. The fourth-order valence-electron chi connectivity index (χ4n) is 4.35. The van der Waals surface area contributed by atoms with Crippen molar-refractivity contribution in [1.29, 1.82) is 0 Å². The van der Waals surface area contributed by atoms with Crippen LogP contribution in [0.2, 0.25) is 0 Å². The molecule has 1 nitrogen and oxygen atoms in total. The zero-order chi connectivity index (χ0) is 20.9. The summed E-state index contributed by atoms with van der Waals surface area (Å²) in [5.41, 5.74) is 0. The maximum atomic E-state index is 2.48. The average Bonchev–Trinajstić information content (AvgIpc) is 2.68. The van der Waals surface area contributed by atoms with Crippen molar-refractivity contribution >= 4 is 0 Å². The first-order chi connectivity index (χ1) is 13.6. The van der Waals surface area contributed by atoms with Gasteiger partial charge in [0.1, 0.15) is 0 Å². The molecule has 0 rings (SSSR count). The highest BCUT2D eigenvalue weighted by Crippen LogP contribution is 2.17. The fourth-order valence-corrected chi connectivity index (χ4v) is 4.35. The molecule has 0 N–H and O–H groups in total. The molecule has 0 aromatic heterocycles. The van der Waals surface area contributed by atoms with Gasteiger partial charge in [-0.25, -0.2) is 0 Å². The SMILES string of the molecule is CCCCCCCCCCCCCCCCCCC[N+](C)(CCCC)C(C)C. The molecular weight excluding hydrogens is 338 g/mol. The number of nitrogens with zero attached hydrogens (tertiary/aromatic N) is 1. The minimum atomic E-state index is 0.771. The van der Waals surface area contributed by atoms with E-state index in [1.165, 1.54) is 140 Å². The Kier molecular flexibility index (Phi) is 20.2. The van der Waals surface area contributed by atoms with Crippen LogP contribution in [0.4, 0.5) is 0 Å². The van der Waals surface area contributed by atoms with Crippen LogP contribution in [0.15, 0.2) is 0 Å². The molecule has 0 spiro atoms. The first-order valence-electron chi connectivity index (χ1n) is 13.4. The summed E-state index contributed by atoms with van der Waals surface area (Å²) in [5, 5.41) is 0. The van der Waals surface area contributed by atoms with Crippen molar-refractivity contribution in [3.05, 3.63) is 0 Å². The predicted octanol–water partition coefficient (Wildman–Crippen LogP) is 9.29. The number of hydrogen-bond acceptors (Lipinski definition) is 0. The molecule has 0 aromatic carbocycles. The van der Waals surface area contributed by atoms with Gasteiger partial charge in [-0.1, -0.05) is 117 Å². The molecule has 0 aliphatic heterocycles. The van der Waals surface area contributed by atoms with Crippen molar-refractivity contribution in [1.82, 2.24) is 0 Å². The Morgan fingerprint density at radius 1 is 0.429 bits per heavy atom. The largest absolute Gasteiger partial charge is 0.324 e. The second-order valence-corrected chi connectivity index (χ2v) is 10.0. The third-order valence-electron chi connectivity index (χ3n) is 7.04. The minimum absolute atomic E-state index is 0.771. The fraction of sp³-hybridized carbons (Fsp3) is 1.00. The summed E-state index contributed by atoms with van der Waals surface area (Å²) >= 11 is 0. The van der Waals surface area contributed by atoms with Gasteiger partial charge in [-0.2, -0.15) is 0 Å². The second kappa shape index (κ2) is 20.2. The van der Waals surface area contributed by atoms with Crippen LogP contribution in [0, 0.1) is 0 Å². The Balaban J connectivity index is 3.33. The highest BCUT2D eigenvalue weighted by molar-refractivity contribution is 4.52. The van der Waals surface area contributed by atoms with Crippen LogP contribution in [-0.2, 0) is 0 Å². The minimum Gasteiger partial charge on any atom is -0.324 e. The van der Waals surface area contributed by atoms with Crippen LogP contribution in [0.5, 0.6) is 0 Å². The van der Waals surface area contributed by atoms with Crippen molar-refractivity contribution in [2.45, 2.75) is 156 Å². The van der Waals surface area contributed by atoms with E-state index in [2.05, 4.69) is 34.7 Å². The van der Waals surface area contributed by atoms with Crippen molar-refractivity contribution in [3.8, 4) is 0 Å². The molecule has 0 aromatic rings. The van der Waals surface area contributed by atoms with Gasteiger partial charge in [0.05, 0.1) is 26.2 Å². The lowest BCUT2D eigenvalue weighted by atomic mass is 10.0. The zero-order valence-corrected chi connectivity index (χ0v) is 20.9. The Labute approximate surface area is 180 Å². The number of hydrogen-bond donors (Lipinski definition) is 0. The summed E-state index contributed by atoms with van der Waals surface area (Å²) < 4.78 is 1.28. The Bertz CT molecular complexity index is 299. The summed E-state index contributed by atoms with van der Waals surface area (Å²) in [7, 11) is 2.48. The standard InChI is InChI=1S/C27H58N/c1-6-8-10-11-12-13-14-15-16-17-18-19-20-21-22-23-24-26-28(5,27(3)4)25-9-7-2/h27H,6-26H2,1-5H3/q+1. The predicted molar refractivity (Wildman–Crippen MR) is 130 cm³/mol. The molecule has 0 bridgehead atoms. The van der Waals surface area contributed by atoms with Crippen LogP contribution in [0.3, 0.4) is 0 Å². The first kappa shape index (κ1) is 28.0. The van der Waals surface area contributed by atoms with Gasteiger partial charge in [0.25, 0.3) is 0 Å². The van der Waals surface area contributed by atoms with Crippen LogP contribution in [-0.4, -0.2) is 30.7 Å². The van der Waals surface area contributed by atoms with Gasteiger partial charge in [0, 0.05) is 0 Å². The smallest absolute Gasteiger partial charge is 0.0831 e. The summed E-state index contributed by atoms with van der Waals surface area (Å²) in [5.74, 6) is 0. The molecule has 1 heteroatoms. The molecule has 28 heavy (non-hydrogen) atoms. The van der Waals surface area contributed by atoms with E-state index in [4.69, 9.17) is 0 Å². The Hall–Kier alpha value is -0.0400. The Morgan fingerprint density at radius 2 is 0.714 bits per heavy atom. The third kappa shape index (κ3) is 16.9. The number of quaternary nitrogens is 1. The lowest BCUT2D eigenvalue weighted by Gasteiger charge is -2.39. The van der Waals surface area contributed by atoms with E-state index in [1.807, 2.05) is 0 Å². The summed E-state index contributed by atoms with van der Waals surface area (Å²) in [4.78, 5) is 0. The average molecular weight is 397 g/mol.